The van der Waals surface area contributed by atoms with Crippen LogP contribution in [-0.2, 0) is 11.3 Å². The van der Waals surface area contributed by atoms with Crippen LogP contribution in [0.4, 0.5) is 0 Å². The molecule has 2 aliphatic rings. The Morgan fingerprint density at radius 2 is 2.13 bits per heavy atom. The van der Waals surface area contributed by atoms with E-state index in [2.05, 4.69) is 17.6 Å². The largest absolute Gasteiger partial charge is 0.497 e. The van der Waals surface area contributed by atoms with E-state index in [0.717, 1.165) is 68.4 Å². The summed E-state index contributed by atoms with van der Waals surface area (Å²) in [6.07, 6.45) is 6.66. The number of benzene rings is 1. The maximum Gasteiger partial charge on any atom is 0.191 e. The lowest BCUT2D eigenvalue weighted by atomic mass is 9.84. The quantitative estimate of drug-likeness (QED) is 0.400. The van der Waals surface area contributed by atoms with Crippen molar-refractivity contribution in [3.8, 4) is 11.5 Å². The number of ether oxygens (including phenoxy) is 3. The van der Waals surface area contributed by atoms with Crippen LogP contribution in [0.3, 0.4) is 0 Å². The first kappa shape index (κ1) is 22.7. The van der Waals surface area contributed by atoms with Crippen molar-refractivity contribution in [3.05, 3.63) is 23.8 Å². The molecule has 30 heavy (non-hydrogen) atoms. The summed E-state index contributed by atoms with van der Waals surface area (Å²) in [4.78, 5) is 4.80. The average molecular weight is 420 g/mol. The average Bonchev–Trinajstić information content (AvgIpc) is 3.44. The number of hydrogen-bond donors (Lipinski definition) is 3. The van der Waals surface area contributed by atoms with Gasteiger partial charge in [0.15, 0.2) is 5.96 Å². The Balaban J connectivity index is 1.68. The minimum atomic E-state index is -0.0260. The van der Waals surface area contributed by atoms with E-state index in [1.54, 1.807) is 7.11 Å². The number of hydrogen-bond acceptors (Lipinski definition) is 5. The highest BCUT2D eigenvalue weighted by atomic mass is 16.5. The lowest BCUT2D eigenvalue weighted by Crippen LogP contribution is -2.44. The molecule has 0 bridgehead atoms. The van der Waals surface area contributed by atoms with E-state index in [1.807, 2.05) is 18.2 Å². The molecule has 1 aliphatic heterocycles. The van der Waals surface area contributed by atoms with Crippen molar-refractivity contribution in [1.29, 1.82) is 0 Å². The van der Waals surface area contributed by atoms with E-state index in [4.69, 9.17) is 19.2 Å². The Kier molecular flexibility index (Phi) is 8.63. The fraction of sp³-hybridized carbons (Fsp3) is 0.696. The third kappa shape index (κ3) is 6.25. The molecule has 1 aromatic carbocycles. The van der Waals surface area contributed by atoms with Crippen molar-refractivity contribution >= 4 is 5.96 Å². The molecule has 1 heterocycles. The molecule has 0 amide bonds. The Morgan fingerprint density at radius 1 is 1.30 bits per heavy atom. The van der Waals surface area contributed by atoms with Gasteiger partial charge in [-0.1, -0.05) is 0 Å². The van der Waals surface area contributed by atoms with Gasteiger partial charge in [0.2, 0.25) is 0 Å². The maximum atomic E-state index is 9.45. The van der Waals surface area contributed by atoms with E-state index in [-0.39, 0.29) is 18.1 Å². The highest BCUT2D eigenvalue weighted by Gasteiger charge is 2.34. The zero-order valence-corrected chi connectivity index (χ0v) is 18.4. The molecule has 0 aromatic heterocycles. The number of guanidine groups is 1. The number of aliphatic hydroxyl groups excluding tert-OH is 1. The monoisotopic (exact) mass is 419 g/mol. The summed E-state index contributed by atoms with van der Waals surface area (Å²) >= 11 is 0. The summed E-state index contributed by atoms with van der Waals surface area (Å²) < 4.78 is 17.3. The molecule has 7 heteroatoms. The molecule has 1 aromatic rings. The zero-order valence-electron chi connectivity index (χ0n) is 18.4. The molecule has 7 nitrogen and oxygen atoms in total. The molecular weight excluding hydrogens is 382 g/mol. The zero-order chi connectivity index (χ0) is 21.2. The van der Waals surface area contributed by atoms with Crippen molar-refractivity contribution < 1.29 is 19.3 Å². The molecule has 1 aliphatic carbocycles. The summed E-state index contributed by atoms with van der Waals surface area (Å²) in [6.45, 7) is 5.69. The van der Waals surface area contributed by atoms with Crippen molar-refractivity contribution in [1.82, 2.24) is 10.6 Å². The molecule has 1 saturated heterocycles. The molecule has 3 rings (SSSR count). The van der Waals surface area contributed by atoms with Gasteiger partial charge in [0.25, 0.3) is 0 Å². The second-order valence-electron chi connectivity index (χ2n) is 8.32. The molecule has 0 spiro atoms. The summed E-state index contributed by atoms with van der Waals surface area (Å²) in [5, 5.41) is 16.2. The predicted octanol–water partition coefficient (Wildman–Crippen LogP) is 2.86. The van der Waals surface area contributed by atoms with Gasteiger partial charge in [0.05, 0.1) is 26.4 Å². The Bertz CT molecular complexity index is 683. The van der Waals surface area contributed by atoms with E-state index in [1.165, 1.54) is 12.8 Å². The van der Waals surface area contributed by atoms with E-state index < -0.39 is 0 Å². The molecule has 0 radical (unpaired) electrons. The molecule has 3 N–H and O–H groups in total. The molecular formula is C23H37N3O4. The van der Waals surface area contributed by atoms with Gasteiger partial charge in [0, 0.05) is 43.3 Å². The molecule has 1 atom stereocenters. The van der Waals surface area contributed by atoms with Crippen LogP contribution in [0.2, 0.25) is 0 Å². The first-order valence-electron chi connectivity index (χ1n) is 11.2. The number of nitrogens with one attached hydrogen (secondary N) is 2. The summed E-state index contributed by atoms with van der Waals surface area (Å²) in [5.41, 5.74) is 1.02. The maximum absolute atomic E-state index is 9.45. The van der Waals surface area contributed by atoms with E-state index in [0.29, 0.717) is 13.2 Å². The van der Waals surface area contributed by atoms with E-state index >= 15 is 0 Å². The minimum absolute atomic E-state index is 0.0260. The van der Waals surface area contributed by atoms with Gasteiger partial charge < -0.3 is 30.0 Å². The number of aliphatic hydroxyl groups is 1. The third-order valence-corrected chi connectivity index (χ3v) is 6.08. The minimum Gasteiger partial charge on any atom is -0.497 e. The van der Waals surface area contributed by atoms with Crippen LogP contribution in [0.15, 0.2) is 23.2 Å². The van der Waals surface area contributed by atoms with Gasteiger partial charge in [0.1, 0.15) is 11.5 Å². The van der Waals surface area contributed by atoms with Gasteiger partial charge >= 0.3 is 0 Å². The normalized spacial score (nSPS) is 22.3. The fourth-order valence-corrected chi connectivity index (χ4v) is 4.18. The standard InChI is InChI=1S/C23H37N3O4/c1-3-24-22(26-16-23(10-12-27)11-13-29-17-23)25-15-18-8-9-20(28-2)14-21(18)30-19-6-4-5-7-19/h8-9,14,19,27H,3-7,10-13,15-17H2,1-2H3,(H2,24,25,26). The van der Waals surface area contributed by atoms with Crippen molar-refractivity contribution in [2.75, 3.05) is 40.0 Å². The van der Waals surface area contributed by atoms with Crippen LogP contribution in [0.5, 0.6) is 11.5 Å². The van der Waals surface area contributed by atoms with Crippen LogP contribution >= 0.6 is 0 Å². The van der Waals surface area contributed by atoms with Crippen LogP contribution in [-0.4, -0.2) is 57.2 Å². The SMILES string of the molecule is CCNC(=NCc1ccc(OC)cc1OC1CCCC1)NCC1(CCO)CCOC1. The second-order valence-corrected chi connectivity index (χ2v) is 8.32. The topological polar surface area (TPSA) is 84.3 Å². The van der Waals surface area contributed by atoms with Gasteiger partial charge in [-0.05, 0) is 57.6 Å². The van der Waals surface area contributed by atoms with Crippen molar-refractivity contribution in [2.45, 2.75) is 58.1 Å². The molecule has 1 saturated carbocycles. The number of methoxy groups -OCH3 is 1. The highest BCUT2D eigenvalue weighted by molar-refractivity contribution is 5.79. The van der Waals surface area contributed by atoms with Crippen molar-refractivity contribution in [3.63, 3.8) is 0 Å². The fourth-order valence-electron chi connectivity index (χ4n) is 4.18. The van der Waals surface area contributed by atoms with Crippen LogP contribution in [0.1, 0.15) is 51.0 Å². The molecule has 168 valence electrons. The molecule has 1 unspecified atom stereocenters. The Hall–Kier alpha value is -1.99. The van der Waals surface area contributed by atoms with E-state index in [9.17, 15) is 5.11 Å². The highest BCUT2D eigenvalue weighted by Crippen LogP contribution is 2.32. The lowest BCUT2D eigenvalue weighted by Gasteiger charge is -2.27. The summed E-state index contributed by atoms with van der Waals surface area (Å²) in [5.74, 6) is 2.43. The Morgan fingerprint density at radius 3 is 2.80 bits per heavy atom. The third-order valence-electron chi connectivity index (χ3n) is 6.08. The smallest absolute Gasteiger partial charge is 0.191 e. The number of rotatable bonds is 10. The summed E-state index contributed by atoms with van der Waals surface area (Å²) in [7, 11) is 1.68. The van der Waals surface area contributed by atoms with Gasteiger partial charge in [-0.15, -0.1) is 0 Å². The summed E-state index contributed by atoms with van der Waals surface area (Å²) in [6, 6.07) is 5.96. The number of nitrogens with zero attached hydrogens (tertiary/aromatic N) is 1. The molecule has 2 fully saturated rings. The first-order chi connectivity index (χ1) is 14.7. The Labute approximate surface area is 180 Å². The predicted molar refractivity (Wildman–Crippen MR) is 118 cm³/mol. The van der Waals surface area contributed by atoms with Crippen LogP contribution < -0.4 is 20.1 Å². The first-order valence-corrected chi connectivity index (χ1v) is 11.2. The van der Waals surface area contributed by atoms with Gasteiger partial charge in [-0.3, -0.25) is 0 Å². The van der Waals surface area contributed by atoms with Gasteiger partial charge in [-0.25, -0.2) is 4.99 Å². The number of aliphatic imine (C=N–C) groups is 1. The van der Waals surface area contributed by atoms with Crippen LogP contribution in [0, 0.1) is 5.41 Å². The van der Waals surface area contributed by atoms with Crippen molar-refractivity contribution in [2.24, 2.45) is 10.4 Å². The lowest BCUT2D eigenvalue weighted by molar-refractivity contribution is 0.127. The van der Waals surface area contributed by atoms with Crippen LogP contribution in [0.25, 0.3) is 0 Å². The van der Waals surface area contributed by atoms with Gasteiger partial charge in [-0.2, -0.15) is 0 Å². The second kappa shape index (κ2) is 11.4.